The highest BCUT2D eigenvalue weighted by Crippen LogP contribution is 2.33. The highest BCUT2D eigenvalue weighted by atomic mass is 16.5. The summed E-state index contributed by atoms with van der Waals surface area (Å²) in [5, 5.41) is 3.80. The maximum absolute atomic E-state index is 11.9. The summed E-state index contributed by atoms with van der Waals surface area (Å²) in [6.07, 6.45) is 5.89. The van der Waals surface area contributed by atoms with Crippen LogP contribution in [0.2, 0.25) is 0 Å². The molecule has 2 aromatic rings. The van der Waals surface area contributed by atoms with Gasteiger partial charge in [0.05, 0.1) is 12.2 Å². The highest BCUT2D eigenvalue weighted by Gasteiger charge is 2.25. The van der Waals surface area contributed by atoms with E-state index in [-0.39, 0.29) is 5.69 Å². The van der Waals surface area contributed by atoms with E-state index in [1.807, 2.05) is 19.2 Å². The Kier molecular flexibility index (Phi) is 1.99. The fraction of sp³-hybridized carbons (Fsp3) is 0.455. The first-order valence-corrected chi connectivity index (χ1v) is 5.43. The fourth-order valence-electron chi connectivity index (χ4n) is 1.84. The second-order valence-corrected chi connectivity index (χ2v) is 4.28. The summed E-state index contributed by atoms with van der Waals surface area (Å²) in [4.78, 5) is 11.9. The van der Waals surface area contributed by atoms with E-state index in [9.17, 15) is 4.79 Å². The zero-order valence-electron chi connectivity index (χ0n) is 9.09. The molecule has 0 aliphatic heterocycles. The van der Waals surface area contributed by atoms with Crippen molar-refractivity contribution in [1.82, 2.24) is 14.3 Å². The van der Waals surface area contributed by atoms with Gasteiger partial charge in [0, 0.05) is 24.5 Å². The molecule has 5 heteroatoms. The van der Waals surface area contributed by atoms with Crippen molar-refractivity contribution >= 4 is 0 Å². The van der Waals surface area contributed by atoms with Crippen molar-refractivity contribution in [1.29, 1.82) is 0 Å². The van der Waals surface area contributed by atoms with Gasteiger partial charge in [0.2, 0.25) is 0 Å². The van der Waals surface area contributed by atoms with Crippen molar-refractivity contribution in [2.75, 3.05) is 0 Å². The van der Waals surface area contributed by atoms with Gasteiger partial charge in [-0.2, -0.15) is 0 Å². The summed E-state index contributed by atoms with van der Waals surface area (Å²) < 4.78 is 8.54. The molecule has 1 aliphatic rings. The minimum Gasteiger partial charge on any atom is -0.359 e. The van der Waals surface area contributed by atoms with Crippen LogP contribution < -0.4 is 5.69 Å². The number of aryl methyl sites for hydroxylation is 1. The summed E-state index contributed by atoms with van der Waals surface area (Å²) in [6, 6.07) is 2.27. The predicted molar refractivity (Wildman–Crippen MR) is 57.3 cm³/mol. The molecule has 2 heterocycles. The monoisotopic (exact) mass is 219 g/mol. The topological polar surface area (TPSA) is 53.0 Å². The third-order valence-electron chi connectivity index (χ3n) is 2.82. The minimum absolute atomic E-state index is 0.0385. The maximum Gasteiger partial charge on any atom is 0.328 e. The average molecular weight is 219 g/mol. The fourth-order valence-corrected chi connectivity index (χ4v) is 1.84. The molecule has 0 atom stereocenters. The first-order chi connectivity index (χ1) is 7.74. The van der Waals surface area contributed by atoms with Gasteiger partial charge < -0.3 is 4.52 Å². The number of imidazole rings is 1. The Morgan fingerprint density at radius 1 is 1.50 bits per heavy atom. The van der Waals surface area contributed by atoms with Crippen LogP contribution >= 0.6 is 0 Å². The van der Waals surface area contributed by atoms with Gasteiger partial charge in [-0.05, 0) is 19.8 Å². The van der Waals surface area contributed by atoms with Crippen molar-refractivity contribution < 1.29 is 4.52 Å². The lowest BCUT2D eigenvalue weighted by Gasteiger charge is -1.97. The Balaban J connectivity index is 1.87. The summed E-state index contributed by atoms with van der Waals surface area (Å²) in [5.41, 5.74) is 0.876. The molecule has 0 unspecified atom stereocenters. The predicted octanol–water partition coefficient (Wildman–Crippen LogP) is 1.33. The quantitative estimate of drug-likeness (QED) is 0.782. The highest BCUT2D eigenvalue weighted by molar-refractivity contribution is 5.04. The van der Waals surface area contributed by atoms with E-state index in [1.54, 1.807) is 15.3 Å². The van der Waals surface area contributed by atoms with Crippen molar-refractivity contribution in [3.8, 4) is 0 Å². The Morgan fingerprint density at radius 3 is 2.94 bits per heavy atom. The normalized spacial score (nSPS) is 15.6. The van der Waals surface area contributed by atoms with Crippen LogP contribution in [0.3, 0.4) is 0 Å². The van der Waals surface area contributed by atoms with Crippen LogP contribution in [-0.2, 0) is 6.54 Å². The van der Waals surface area contributed by atoms with E-state index in [0.717, 1.165) is 18.5 Å². The zero-order valence-corrected chi connectivity index (χ0v) is 9.09. The Labute approximate surface area is 92.3 Å². The number of rotatable bonds is 3. The van der Waals surface area contributed by atoms with Gasteiger partial charge >= 0.3 is 5.69 Å². The van der Waals surface area contributed by atoms with Gasteiger partial charge in [-0.3, -0.25) is 9.13 Å². The first kappa shape index (κ1) is 9.45. The third-order valence-corrected chi connectivity index (χ3v) is 2.82. The maximum atomic E-state index is 11.9. The molecule has 0 amide bonds. The van der Waals surface area contributed by atoms with Crippen LogP contribution in [0.15, 0.2) is 27.8 Å². The standard InChI is InChI=1S/C11H13N3O2/c1-8-6-10(16-12-8)7-13-4-5-14(11(13)15)9-2-3-9/h4-6,9H,2-3,7H2,1H3. The van der Waals surface area contributed by atoms with Crippen LogP contribution in [0.25, 0.3) is 0 Å². The lowest BCUT2D eigenvalue weighted by Crippen LogP contribution is -2.23. The molecular formula is C11H13N3O2. The molecule has 0 bridgehead atoms. The van der Waals surface area contributed by atoms with E-state index in [2.05, 4.69) is 5.16 Å². The second-order valence-electron chi connectivity index (χ2n) is 4.28. The van der Waals surface area contributed by atoms with E-state index in [1.165, 1.54) is 0 Å². The number of aromatic nitrogens is 3. The molecule has 1 fully saturated rings. The molecule has 2 aromatic heterocycles. The molecule has 3 rings (SSSR count). The van der Waals surface area contributed by atoms with E-state index in [4.69, 9.17) is 4.52 Å². The molecule has 0 radical (unpaired) electrons. The molecule has 0 spiro atoms. The molecule has 0 aromatic carbocycles. The van der Waals surface area contributed by atoms with E-state index < -0.39 is 0 Å². The Bertz CT molecular complexity index is 560. The van der Waals surface area contributed by atoms with Crippen LogP contribution in [0.1, 0.15) is 30.3 Å². The van der Waals surface area contributed by atoms with Gasteiger partial charge in [0.25, 0.3) is 0 Å². The Hall–Kier alpha value is -1.78. The number of hydrogen-bond donors (Lipinski definition) is 0. The summed E-state index contributed by atoms with van der Waals surface area (Å²) in [7, 11) is 0. The molecule has 1 saturated carbocycles. The lowest BCUT2D eigenvalue weighted by molar-refractivity contribution is 0.371. The van der Waals surface area contributed by atoms with Gasteiger partial charge in [-0.15, -0.1) is 0 Å². The SMILES string of the molecule is Cc1cc(Cn2ccn(C3CC3)c2=O)on1. The van der Waals surface area contributed by atoms with Gasteiger partial charge in [-0.1, -0.05) is 5.16 Å². The van der Waals surface area contributed by atoms with Crippen LogP contribution in [0.4, 0.5) is 0 Å². The van der Waals surface area contributed by atoms with Crippen molar-refractivity contribution in [3.05, 3.63) is 40.4 Å². The summed E-state index contributed by atoms with van der Waals surface area (Å²) in [5.74, 6) is 0.716. The number of hydrogen-bond acceptors (Lipinski definition) is 3. The van der Waals surface area contributed by atoms with Crippen molar-refractivity contribution in [3.63, 3.8) is 0 Å². The summed E-state index contributed by atoms with van der Waals surface area (Å²) in [6.45, 7) is 2.32. The molecular weight excluding hydrogens is 206 g/mol. The van der Waals surface area contributed by atoms with Gasteiger partial charge in [0.1, 0.15) is 0 Å². The number of nitrogens with zero attached hydrogens (tertiary/aromatic N) is 3. The van der Waals surface area contributed by atoms with Gasteiger partial charge in [-0.25, -0.2) is 4.79 Å². The van der Waals surface area contributed by atoms with E-state index >= 15 is 0 Å². The smallest absolute Gasteiger partial charge is 0.328 e. The molecule has 16 heavy (non-hydrogen) atoms. The van der Waals surface area contributed by atoms with Crippen LogP contribution in [0.5, 0.6) is 0 Å². The molecule has 5 nitrogen and oxygen atoms in total. The van der Waals surface area contributed by atoms with E-state index in [0.29, 0.717) is 18.3 Å². The first-order valence-electron chi connectivity index (χ1n) is 5.43. The Morgan fingerprint density at radius 2 is 2.31 bits per heavy atom. The second kappa shape index (κ2) is 3.37. The van der Waals surface area contributed by atoms with Crippen molar-refractivity contribution in [2.45, 2.75) is 32.4 Å². The zero-order chi connectivity index (χ0) is 11.1. The lowest BCUT2D eigenvalue weighted by atomic mass is 10.4. The van der Waals surface area contributed by atoms with Gasteiger partial charge in [0.15, 0.2) is 5.76 Å². The molecule has 0 N–H and O–H groups in total. The molecule has 1 aliphatic carbocycles. The van der Waals surface area contributed by atoms with Crippen LogP contribution in [-0.4, -0.2) is 14.3 Å². The minimum atomic E-state index is 0.0385. The largest absolute Gasteiger partial charge is 0.359 e. The molecule has 0 saturated heterocycles. The average Bonchev–Trinajstić information content (AvgIpc) is 2.93. The van der Waals surface area contributed by atoms with Crippen LogP contribution in [0, 0.1) is 6.92 Å². The molecule has 84 valence electrons. The van der Waals surface area contributed by atoms with Crippen molar-refractivity contribution in [2.24, 2.45) is 0 Å². The third kappa shape index (κ3) is 1.58. The summed E-state index contributed by atoms with van der Waals surface area (Å²) >= 11 is 0.